The average Bonchev–Trinajstić information content (AvgIpc) is 2.12. The van der Waals surface area contributed by atoms with E-state index in [0.717, 1.165) is 17.9 Å². The second-order valence-electron chi connectivity index (χ2n) is 2.53. The van der Waals surface area contributed by atoms with Crippen LogP contribution in [0.25, 0.3) is 6.08 Å². The summed E-state index contributed by atoms with van der Waals surface area (Å²) in [5.74, 6) is 0.833. The molecule has 0 saturated carbocycles. The van der Waals surface area contributed by atoms with Gasteiger partial charge in [-0.15, -0.1) is 0 Å². The lowest BCUT2D eigenvalue weighted by Gasteiger charge is -1.97. The zero-order valence-electron chi connectivity index (χ0n) is 7.07. The average molecular weight is 215 g/mol. The van der Waals surface area contributed by atoms with E-state index >= 15 is 0 Å². The summed E-state index contributed by atoms with van der Waals surface area (Å²) < 4.78 is 0. The molecule has 0 saturated heterocycles. The largest absolute Gasteiger partial charge is 0.396 e. The fourth-order valence-corrected chi connectivity index (χ4v) is 1.14. The van der Waals surface area contributed by atoms with Gasteiger partial charge in [-0.3, -0.25) is 0 Å². The molecule has 1 rings (SSSR count). The van der Waals surface area contributed by atoms with Crippen LogP contribution in [0.15, 0.2) is 18.2 Å². The van der Waals surface area contributed by atoms with Gasteiger partial charge in [-0.05, 0) is 30.4 Å². The van der Waals surface area contributed by atoms with E-state index in [0.29, 0.717) is 10.8 Å². The monoisotopic (exact) mass is 214 g/mol. The van der Waals surface area contributed by atoms with E-state index in [1.165, 1.54) is 0 Å². The van der Waals surface area contributed by atoms with Gasteiger partial charge in [-0.25, -0.2) is 4.98 Å². The second kappa shape index (κ2) is 5.14. The molecule has 1 heterocycles. The first-order valence-corrected chi connectivity index (χ1v) is 4.94. The number of anilines is 1. The van der Waals surface area contributed by atoms with E-state index < -0.39 is 0 Å². The first-order valence-electron chi connectivity index (χ1n) is 3.93. The molecule has 70 valence electrons. The van der Waals surface area contributed by atoms with Gasteiger partial charge in [0.1, 0.15) is 0 Å². The molecule has 0 fully saturated rings. The highest BCUT2D eigenvalue weighted by molar-refractivity contribution is 7.80. The maximum absolute atomic E-state index is 5.74. The van der Waals surface area contributed by atoms with Gasteiger partial charge in [0.05, 0.1) is 11.4 Å². The Hall–Kier alpha value is -0.670. The Morgan fingerprint density at radius 2 is 2.31 bits per heavy atom. The summed E-state index contributed by atoms with van der Waals surface area (Å²) in [6.45, 7) is 0. The molecule has 0 atom stereocenters. The van der Waals surface area contributed by atoms with Gasteiger partial charge in [-0.2, -0.15) is 12.6 Å². The second-order valence-corrected chi connectivity index (χ2v) is 3.34. The van der Waals surface area contributed by atoms with Crippen LogP contribution in [0.5, 0.6) is 0 Å². The SMILES string of the molecule is Nc1ccc(C=CCCS)nc1Cl. The highest BCUT2D eigenvalue weighted by atomic mass is 35.5. The van der Waals surface area contributed by atoms with Crippen LogP contribution in [0, 0.1) is 0 Å². The summed E-state index contributed by atoms with van der Waals surface area (Å²) in [6.07, 6.45) is 4.83. The van der Waals surface area contributed by atoms with Crippen LogP contribution in [0.4, 0.5) is 5.69 Å². The van der Waals surface area contributed by atoms with Crippen LogP contribution in [-0.2, 0) is 0 Å². The number of nitrogens with zero attached hydrogens (tertiary/aromatic N) is 1. The topological polar surface area (TPSA) is 38.9 Å². The highest BCUT2D eigenvalue weighted by Gasteiger charge is 1.96. The van der Waals surface area contributed by atoms with E-state index in [4.69, 9.17) is 17.3 Å². The molecular weight excluding hydrogens is 204 g/mol. The third-order valence-electron chi connectivity index (χ3n) is 1.48. The van der Waals surface area contributed by atoms with Crippen LogP contribution in [0.1, 0.15) is 12.1 Å². The fourth-order valence-electron chi connectivity index (χ4n) is 0.831. The zero-order chi connectivity index (χ0) is 9.68. The molecule has 1 aromatic heterocycles. The number of pyridine rings is 1. The minimum atomic E-state index is 0.355. The number of halogens is 1. The summed E-state index contributed by atoms with van der Waals surface area (Å²) in [6, 6.07) is 3.58. The molecule has 0 bridgehead atoms. The molecule has 2 N–H and O–H groups in total. The molecule has 0 aliphatic heterocycles. The maximum Gasteiger partial charge on any atom is 0.152 e. The van der Waals surface area contributed by atoms with Gasteiger partial charge >= 0.3 is 0 Å². The van der Waals surface area contributed by atoms with Gasteiger partial charge in [0.25, 0.3) is 0 Å². The van der Waals surface area contributed by atoms with Crippen molar-refractivity contribution in [1.29, 1.82) is 0 Å². The Labute approximate surface area is 88.2 Å². The number of allylic oxidation sites excluding steroid dienone is 1. The number of hydrogen-bond acceptors (Lipinski definition) is 3. The van der Waals surface area contributed by atoms with Gasteiger partial charge < -0.3 is 5.73 Å². The number of thiol groups is 1. The summed E-state index contributed by atoms with van der Waals surface area (Å²) in [5.41, 5.74) is 6.84. The van der Waals surface area contributed by atoms with Crippen LogP contribution in [-0.4, -0.2) is 10.7 Å². The smallest absolute Gasteiger partial charge is 0.152 e. The van der Waals surface area contributed by atoms with Crippen molar-refractivity contribution >= 4 is 36.0 Å². The number of rotatable bonds is 3. The van der Waals surface area contributed by atoms with Gasteiger partial charge in [-0.1, -0.05) is 17.7 Å². The van der Waals surface area contributed by atoms with E-state index in [1.54, 1.807) is 6.07 Å². The third kappa shape index (κ3) is 3.28. The molecule has 0 unspecified atom stereocenters. The molecule has 4 heteroatoms. The summed E-state index contributed by atoms with van der Waals surface area (Å²) in [5, 5.41) is 0.355. The van der Waals surface area contributed by atoms with Crippen molar-refractivity contribution in [3.8, 4) is 0 Å². The number of nitrogens with two attached hydrogens (primary N) is 1. The molecule has 0 aliphatic rings. The predicted molar refractivity (Wildman–Crippen MR) is 61.2 cm³/mol. The lowest BCUT2D eigenvalue weighted by Crippen LogP contribution is -1.90. The lowest BCUT2D eigenvalue weighted by molar-refractivity contribution is 1.24. The lowest BCUT2D eigenvalue weighted by atomic mass is 10.3. The highest BCUT2D eigenvalue weighted by Crippen LogP contribution is 2.15. The van der Waals surface area contributed by atoms with Crippen LogP contribution < -0.4 is 5.73 Å². The zero-order valence-corrected chi connectivity index (χ0v) is 8.72. The van der Waals surface area contributed by atoms with Gasteiger partial charge in [0, 0.05) is 0 Å². The van der Waals surface area contributed by atoms with Crippen molar-refractivity contribution in [2.24, 2.45) is 0 Å². The summed E-state index contributed by atoms with van der Waals surface area (Å²) in [7, 11) is 0. The fraction of sp³-hybridized carbons (Fsp3) is 0.222. The van der Waals surface area contributed by atoms with Crippen molar-refractivity contribution in [2.75, 3.05) is 11.5 Å². The third-order valence-corrected chi connectivity index (χ3v) is 2.04. The molecular formula is C9H11ClN2S. The molecule has 0 amide bonds. The maximum atomic E-state index is 5.74. The molecule has 2 nitrogen and oxygen atoms in total. The molecule has 0 aromatic carbocycles. The van der Waals surface area contributed by atoms with Gasteiger partial charge in [0.15, 0.2) is 5.15 Å². The minimum absolute atomic E-state index is 0.355. The van der Waals surface area contributed by atoms with Crippen LogP contribution in [0.2, 0.25) is 5.15 Å². The molecule has 0 radical (unpaired) electrons. The first kappa shape index (κ1) is 10.4. The number of hydrogen-bond donors (Lipinski definition) is 2. The van der Waals surface area contributed by atoms with Crippen molar-refractivity contribution in [3.05, 3.63) is 29.1 Å². The standard InChI is InChI=1S/C9H11ClN2S/c10-9-8(11)5-4-7(12-9)3-1-2-6-13/h1,3-5,13H,2,6,11H2. The molecule has 0 spiro atoms. The first-order chi connectivity index (χ1) is 6.24. The summed E-state index contributed by atoms with van der Waals surface area (Å²) in [4.78, 5) is 4.07. The molecule has 0 aliphatic carbocycles. The van der Waals surface area contributed by atoms with Crippen molar-refractivity contribution in [2.45, 2.75) is 6.42 Å². The molecule has 13 heavy (non-hydrogen) atoms. The number of nitrogen functional groups attached to an aromatic ring is 1. The number of aromatic nitrogens is 1. The van der Waals surface area contributed by atoms with E-state index in [2.05, 4.69) is 17.6 Å². The Bertz CT molecular complexity index is 312. The Balaban J connectivity index is 2.73. The van der Waals surface area contributed by atoms with Gasteiger partial charge in [0.2, 0.25) is 0 Å². The summed E-state index contributed by atoms with van der Waals surface area (Å²) >= 11 is 9.83. The predicted octanol–water partition coefficient (Wildman–Crippen LogP) is 2.65. The Kier molecular flexibility index (Phi) is 4.12. The minimum Gasteiger partial charge on any atom is -0.396 e. The van der Waals surface area contributed by atoms with Crippen molar-refractivity contribution in [3.63, 3.8) is 0 Å². The quantitative estimate of drug-likeness (QED) is 0.600. The normalized spacial score (nSPS) is 10.9. The Morgan fingerprint density at radius 3 is 2.92 bits per heavy atom. The van der Waals surface area contributed by atoms with E-state index in [9.17, 15) is 0 Å². The van der Waals surface area contributed by atoms with Crippen LogP contribution in [0.3, 0.4) is 0 Å². The van der Waals surface area contributed by atoms with Crippen molar-refractivity contribution < 1.29 is 0 Å². The molecule has 1 aromatic rings. The van der Waals surface area contributed by atoms with E-state index in [1.807, 2.05) is 18.2 Å². The van der Waals surface area contributed by atoms with Crippen LogP contribution >= 0.6 is 24.2 Å². The van der Waals surface area contributed by atoms with Crippen molar-refractivity contribution in [1.82, 2.24) is 4.98 Å². The van der Waals surface area contributed by atoms with E-state index in [-0.39, 0.29) is 0 Å². The Morgan fingerprint density at radius 1 is 1.54 bits per heavy atom.